The molecule has 3 rings (SSSR count). The molecule has 1 fully saturated rings. The summed E-state index contributed by atoms with van der Waals surface area (Å²) in [6, 6.07) is 10.3. The lowest BCUT2D eigenvalue weighted by molar-refractivity contribution is -0.122. The fraction of sp³-hybridized carbons (Fsp3) is 0.375. The molecule has 5 heteroatoms. The summed E-state index contributed by atoms with van der Waals surface area (Å²) in [5, 5.41) is 7.29. The first-order chi connectivity index (χ1) is 10.2. The molecular formula is C16H18BrN3O. The molecule has 0 bridgehead atoms. The van der Waals surface area contributed by atoms with Gasteiger partial charge in [0.25, 0.3) is 0 Å². The predicted molar refractivity (Wildman–Crippen MR) is 84.7 cm³/mol. The number of benzene rings is 1. The molecule has 1 amide bonds. The maximum Gasteiger partial charge on any atom is 0.224 e. The van der Waals surface area contributed by atoms with Crippen LogP contribution in [-0.2, 0) is 17.9 Å². The Bertz CT molecular complexity index is 638. The van der Waals surface area contributed by atoms with E-state index in [4.69, 9.17) is 0 Å². The highest BCUT2D eigenvalue weighted by atomic mass is 79.9. The van der Waals surface area contributed by atoms with Crippen molar-refractivity contribution in [2.45, 2.75) is 32.4 Å². The number of amides is 1. The summed E-state index contributed by atoms with van der Waals surface area (Å²) in [6.07, 6.45) is 2.72. The maximum absolute atomic E-state index is 12.2. The molecule has 110 valence electrons. The summed E-state index contributed by atoms with van der Waals surface area (Å²) in [7, 11) is 0. The molecule has 1 aromatic heterocycles. The van der Waals surface area contributed by atoms with E-state index in [0.717, 1.165) is 23.1 Å². The minimum absolute atomic E-state index is 0.115. The van der Waals surface area contributed by atoms with E-state index < -0.39 is 0 Å². The van der Waals surface area contributed by atoms with Gasteiger partial charge in [-0.15, -0.1) is 0 Å². The van der Waals surface area contributed by atoms with E-state index in [0.29, 0.717) is 12.5 Å². The van der Waals surface area contributed by atoms with Crippen molar-refractivity contribution in [1.82, 2.24) is 15.1 Å². The fourth-order valence-corrected chi connectivity index (χ4v) is 3.13. The van der Waals surface area contributed by atoms with E-state index in [9.17, 15) is 4.79 Å². The van der Waals surface area contributed by atoms with Crippen LogP contribution in [0.15, 0.2) is 41.0 Å². The highest BCUT2D eigenvalue weighted by Gasteiger charge is 2.43. The van der Waals surface area contributed by atoms with Gasteiger partial charge in [0.15, 0.2) is 0 Å². The van der Waals surface area contributed by atoms with Gasteiger partial charge in [0.05, 0.1) is 22.9 Å². The summed E-state index contributed by atoms with van der Waals surface area (Å²) in [6.45, 7) is 3.36. The van der Waals surface area contributed by atoms with Gasteiger partial charge in [0.1, 0.15) is 0 Å². The topological polar surface area (TPSA) is 46.9 Å². The Morgan fingerprint density at radius 1 is 1.43 bits per heavy atom. The first-order valence-corrected chi connectivity index (χ1v) is 8.02. The number of carbonyl (C=O) groups is 1. The Labute approximate surface area is 132 Å². The number of aryl methyl sites for hydroxylation is 1. The van der Waals surface area contributed by atoms with Crippen molar-refractivity contribution in [2.24, 2.45) is 5.92 Å². The standard InChI is InChI=1S/C16H18BrN3O/c1-2-20-15(14(17)9-19-20)10-18-16(21)13-8-12(13)11-6-4-3-5-7-11/h3-7,9,12-13H,2,8,10H2,1H3,(H,18,21). The van der Waals surface area contributed by atoms with Gasteiger partial charge in [-0.1, -0.05) is 30.3 Å². The number of aromatic nitrogens is 2. The molecular weight excluding hydrogens is 330 g/mol. The van der Waals surface area contributed by atoms with Crippen LogP contribution in [0.1, 0.15) is 30.5 Å². The number of rotatable bonds is 5. The van der Waals surface area contributed by atoms with E-state index in [1.54, 1.807) is 6.20 Å². The van der Waals surface area contributed by atoms with E-state index in [1.807, 2.05) is 29.8 Å². The Morgan fingerprint density at radius 3 is 2.90 bits per heavy atom. The van der Waals surface area contributed by atoms with E-state index in [2.05, 4.69) is 38.5 Å². The third-order valence-electron chi connectivity index (χ3n) is 3.98. The summed E-state index contributed by atoms with van der Waals surface area (Å²) in [5.41, 5.74) is 2.28. The second-order valence-electron chi connectivity index (χ2n) is 5.33. The second kappa shape index (κ2) is 6.02. The molecule has 1 saturated carbocycles. The van der Waals surface area contributed by atoms with E-state index in [1.165, 1.54) is 5.56 Å². The second-order valence-corrected chi connectivity index (χ2v) is 6.19. The molecule has 1 N–H and O–H groups in total. The van der Waals surface area contributed by atoms with Gasteiger partial charge < -0.3 is 5.32 Å². The molecule has 21 heavy (non-hydrogen) atoms. The summed E-state index contributed by atoms with van der Waals surface area (Å²) in [4.78, 5) is 12.2. The molecule has 2 atom stereocenters. The Kier molecular flexibility index (Phi) is 4.10. The fourth-order valence-electron chi connectivity index (χ4n) is 2.69. The number of hydrogen-bond acceptors (Lipinski definition) is 2. The van der Waals surface area contributed by atoms with Crippen molar-refractivity contribution >= 4 is 21.8 Å². The van der Waals surface area contributed by atoms with Gasteiger partial charge in [-0.25, -0.2) is 0 Å². The van der Waals surface area contributed by atoms with Crippen LogP contribution < -0.4 is 5.32 Å². The van der Waals surface area contributed by atoms with Crippen LogP contribution in [-0.4, -0.2) is 15.7 Å². The molecule has 0 spiro atoms. The average Bonchev–Trinajstić information content (AvgIpc) is 3.24. The van der Waals surface area contributed by atoms with Crippen LogP contribution in [0, 0.1) is 5.92 Å². The van der Waals surface area contributed by atoms with Crippen LogP contribution >= 0.6 is 15.9 Å². The minimum atomic E-state index is 0.115. The monoisotopic (exact) mass is 347 g/mol. The van der Waals surface area contributed by atoms with Crippen LogP contribution in [0.3, 0.4) is 0 Å². The first-order valence-electron chi connectivity index (χ1n) is 7.23. The Morgan fingerprint density at radius 2 is 2.19 bits per heavy atom. The number of carbonyl (C=O) groups excluding carboxylic acids is 1. The van der Waals surface area contributed by atoms with E-state index >= 15 is 0 Å². The number of nitrogens with one attached hydrogen (secondary N) is 1. The highest BCUT2D eigenvalue weighted by molar-refractivity contribution is 9.10. The van der Waals surface area contributed by atoms with Crippen LogP contribution in [0.4, 0.5) is 0 Å². The number of halogens is 1. The molecule has 2 aromatic rings. The molecule has 0 radical (unpaired) electrons. The molecule has 2 unspecified atom stereocenters. The summed E-state index contributed by atoms with van der Waals surface area (Å²) >= 11 is 3.47. The molecule has 0 saturated heterocycles. The van der Waals surface area contributed by atoms with Crippen LogP contribution in [0.25, 0.3) is 0 Å². The SMILES string of the molecule is CCn1ncc(Br)c1CNC(=O)C1CC1c1ccccc1. The summed E-state index contributed by atoms with van der Waals surface area (Å²) < 4.78 is 2.84. The van der Waals surface area contributed by atoms with Gasteiger partial charge >= 0.3 is 0 Å². The average molecular weight is 348 g/mol. The van der Waals surface area contributed by atoms with Gasteiger partial charge in [-0.2, -0.15) is 5.10 Å². The largest absolute Gasteiger partial charge is 0.350 e. The Hall–Kier alpha value is -1.62. The number of nitrogens with zero attached hydrogens (tertiary/aromatic N) is 2. The van der Waals surface area contributed by atoms with Crippen molar-refractivity contribution in [3.63, 3.8) is 0 Å². The maximum atomic E-state index is 12.2. The molecule has 1 aromatic carbocycles. The normalized spacial score (nSPS) is 20.3. The third-order valence-corrected chi connectivity index (χ3v) is 4.64. The quantitative estimate of drug-likeness (QED) is 0.903. The minimum Gasteiger partial charge on any atom is -0.350 e. The molecule has 0 aliphatic heterocycles. The molecule has 4 nitrogen and oxygen atoms in total. The van der Waals surface area contributed by atoms with Crippen molar-refractivity contribution in [2.75, 3.05) is 0 Å². The van der Waals surface area contributed by atoms with Gasteiger partial charge in [0, 0.05) is 12.5 Å². The molecule has 1 heterocycles. The van der Waals surface area contributed by atoms with Crippen molar-refractivity contribution in [3.05, 3.63) is 52.3 Å². The third kappa shape index (κ3) is 3.02. The zero-order chi connectivity index (χ0) is 14.8. The van der Waals surface area contributed by atoms with E-state index in [-0.39, 0.29) is 11.8 Å². The molecule has 1 aliphatic carbocycles. The zero-order valence-electron chi connectivity index (χ0n) is 11.9. The molecule has 1 aliphatic rings. The smallest absolute Gasteiger partial charge is 0.224 e. The lowest BCUT2D eigenvalue weighted by Crippen LogP contribution is -2.26. The van der Waals surface area contributed by atoms with Crippen LogP contribution in [0.5, 0.6) is 0 Å². The first kappa shape index (κ1) is 14.3. The summed E-state index contributed by atoms with van der Waals surface area (Å²) in [5.74, 6) is 0.634. The van der Waals surface area contributed by atoms with Gasteiger partial charge in [-0.3, -0.25) is 9.48 Å². The lowest BCUT2D eigenvalue weighted by Gasteiger charge is -2.08. The van der Waals surface area contributed by atoms with Crippen LogP contribution in [0.2, 0.25) is 0 Å². The zero-order valence-corrected chi connectivity index (χ0v) is 13.5. The number of hydrogen-bond donors (Lipinski definition) is 1. The Balaban J connectivity index is 1.58. The van der Waals surface area contributed by atoms with Crippen molar-refractivity contribution in [3.8, 4) is 0 Å². The highest BCUT2D eigenvalue weighted by Crippen LogP contribution is 2.47. The van der Waals surface area contributed by atoms with Gasteiger partial charge in [-0.05, 0) is 40.8 Å². The van der Waals surface area contributed by atoms with Crippen molar-refractivity contribution < 1.29 is 4.79 Å². The lowest BCUT2D eigenvalue weighted by atomic mass is 10.1. The van der Waals surface area contributed by atoms with Crippen molar-refractivity contribution in [1.29, 1.82) is 0 Å². The predicted octanol–water partition coefficient (Wildman–Crippen LogP) is 3.09. The van der Waals surface area contributed by atoms with Gasteiger partial charge in [0.2, 0.25) is 5.91 Å².